The van der Waals surface area contributed by atoms with Gasteiger partial charge < -0.3 is 4.74 Å². The van der Waals surface area contributed by atoms with E-state index in [0.29, 0.717) is 29.0 Å². The maximum Gasteiger partial charge on any atom is 0.168 e. The number of aldehydes is 1. The highest BCUT2D eigenvalue weighted by Gasteiger charge is 2.08. The molecule has 0 fully saturated rings. The zero-order valence-electron chi connectivity index (χ0n) is 9.18. The first-order valence-electron chi connectivity index (χ1n) is 5.00. The molecule has 0 N–H and O–H groups in total. The number of methoxy groups -OCH3 is 1. The van der Waals surface area contributed by atoms with Crippen molar-refractivity contribution in [1.82, 2.24) is 4.98 Å². The van der Waals surface area contributed by atoms with Gasteiger partial charge in [-0.1, -0.05) is 6.07 Å². The van der Waals surface area contributed by atoms with Crippen molar-refractivity contribution in [2.75, 3.05) is 7.11 Å². The third kappa shape index (κ3) is 2.30. The lowest BCUT2D eigenvalue weighted by molar-refractivity contribution is 0.111. The van der Waals surface area contributed by atoms with Crippen molar-refractivity contribution in [2.45, 2.75) is 0 Å². The third-order valence-corrected chi connectivity index (χ3v) is 2.33. The van der Waals surface area contributed by atoms with Crippen LogP contribution in [0.1, 0.15) is 10.5 Å². The molecule has 0 bridgehead atoms. The second kappa shape index (κ2) is 4.74. The lowest BCUT2D eigenvalue weighted by Gasteiger charge is -2.08. The molecule has 86 valence electrons. The van der Waals surface area contributed by atoms with Crippen LogP contribution in [0.25, 0.3) is 11.3 Å². The van der Waals surface area contributed by atoms with E-state index < -0.39 is 0 Å². The van der Waals surface area contributed by atoms with Crippen LogP contribution < -0.4 is 4.74 Å². The van der Waals surface area contributed by atoms with Crippen LogP contribution in [0.2, 0.25) is 0 Å². The van der Waals surface area contributed by atoms with Gasteiger partial charge in [0.15, 0.2) is 6.29 Å². The molecule has 1 heterocycles. The average Bonchev–Trinajstić information content (AvgIpc) is 2.39. The summed E-state index contributed by atoms with van der Waals surface area (Å²) in [7, 11) is 1.50. The molecule has 3 nitrogen and oxygen atoms in total. The summed E-state index contributed by atoms with van der Waals surface area (Å²) in [5.41, 5.74) is 1.33. The first-order chi connectivity index (χ1) is 8.24. The molecule has 0 saturated heterocycles. The summed E-state index contributed by atoms with van der Waals surface area (Å²) < 4.78 is 18.3. The molecule has 2 aromatic rings. The molecule has 0 spiro atoms. The topological polar surface area (TPSA) is 39.2 Å². The zero-order chi connectivity index (χ0) is 12.3. The molecule has 0 amide bonds. The summed E-state index contributed by atoms with van der Waals surface area (Å²) >= 11 is 0. The number of aromatic nitrogens is 1. The predicted octanol–water partition coefficient (Wildman–Crippen LogP) is 2.71. The molecule has 0 aliphatic heterocycles. The van der Waals surface area contributed by atoms with Crippen molar-refractivity contribution >= 4 is 6.29 Å². The van der Waals surface area contributed by atoms with Crippen molar-refractivity contribution in [3.05, 3.63) is 47.9 Å². The van der Waals surface area contributed by atoms with Crippen LogP contribution in [0.5, 0.6) is 5.75 Å². The van der Waals surface area contributed by atoms with E-state index in [1.165, 1.54) is 25.3 Å². The Morgan fingerprint density at radius 3 is 2.82 bits per heavy atom. The van der Waals surface area contributed by atoms with Gasteiger partial charge in [0.1, 0.15) is 17.3 Å². The second-order valence-corrected chi connectivity index (χ2v) is 3.41. The predicted molar refractivity (Wildman–Crippen MR) is 61.6 cm³/mol. The molecule has 1 aromatic carbocycles. The fourth-order valence-corrected chi connectivity index (χ4v) is 1.55. The monoisotopic (exact) mass is 231 g/mol. The quantitative estimate of drug-likeness (QED) is 0.762. The lowest BCUT2D eigenvalue weighted by atomic mass is 10.1. The molecule has 0 radical (unpaired) electrons. The molecule has 0 atom stereocenters. The highest BCUT2D eigenvalue weighted by molar-refractivity contribution is 5.75. The van der Waals surface area contributed by atoms with Crippen LogP contribution in [0, 0.1) is 5.82 Å². The molecule has 0 aliphatic carbocycles. The summed E-state index contributed by atoms with van der Waals surface area (Å²) in [6.45, 7) is 0. The second-order valence-electron chi connectivity index (χ2n) is 3.41. The van der Waals surface area contributed by atoms with E-state index >= 15 is 0 Å². The van der Waals surface area contributed by atoms with Gasteiger partial charge in [-0.2, -0.15) is 0 Å². The summed E-state index contributed by atoms with van der Waals surface area (Å²) in [6.07, 6.45) is 0.648. The number of rotatable bonds is 3. The number of pyridine rings is 1. The first-order valence-corrected chi connectivity index (χ1v) is 5.00. The van der Waals surface area contributed by atoms with Crippen molar-refractivity contribution in [3.8, 4) is 17.0 Å². The molecule has 0 aliphatic rings. The molecule has 2 rings (SSSR count). The molecule has 0 unspecified atom stereocenters. The Morgan fingerprint density at radius 1 is 1.29 bits per heavy atom. The van der Waals surface area contributed by atoms with Gasteiger partial charge in [0.25, 0.3) is 0 Å². The van der Waals surface area contributed by atoms with Gasteiger partial charge in [-0.05, 0) is 30.3 Å². The minimum absolute atomic E-state index is 0.300. The summed E-state index contributed by atoms with van der Waals surface area (Å²) in [5, 5.41) is 0. The molecular weight excluding hydrogens is 221 g/mol. The largest absolute Gasteiger partial charge is 0.496 e. The number of nitrogens with zero attached hydrogens (tertiary/aromatic N) is 1. The number of benzene rings is 1. The van der Waals surface area contributed by atoms with E-state index in [2.05, 4.69) is 4.98 Å². The van der Waals surface area contributed by atoms with E-state index in [4.69, 9.17) is 4.74 Å². The van der Waals surface area contributed by atoms with Gasteiger partial charge in [0.05, 0.1) is 12.8 Å². The van der Waals surface area contributed by atoms with E-state index in [1.807, 2.05) is 0 Å². The molecule has 17 heavy (non-hydrogen) atoms. The van der Waals surface area contributed by atoms with Gasteiger partial charge in [0, 0.05) is 5.56 Å². The SMILES string of the molecule is COc1ccc(F)cc1-c1cccc(C=O)n1. The Hall–Kier alpha value is -2.23. The van der Waals surface area contributed by atoms with E-state index in [1.54, 1.807) is 18.2 Å². The van der Waals surface area contributed by atoms with Crippen LogP contribution in [-0.2, 0) is 0 Å². The minimum Gasteiger partial charge on any atom is -0.496 e. The smallest absolute Gasteiger partial charge is 0.168 e. The van der Waals surface area contributed by atoms with Gasteiger partial charge in [0.2, 0.25) is 0 Å². The molecular formula is C13H10FNO2. The Balaban J connectivity index is 2.58. The van der Waals surface area contributed by atoms with Gasteiger partial charge in [-0.25, -0.2) is 9.37 Å². The van der Waals surface area contributed by atoms with E-state index in [9.17, 15) is 9.18 Å². The molecule has 4 heteroatoms. The Morgan fingerprint density at radius 2 is 2.12 bits per heavy atom. The van der Waals surface area contributed by atoms with Crippen molar-refractivity contribution in [2.24, 2.45) is 0 Å². The molecule has 0 saturated carbocycles. The Kier molecular flexibility index (Phi) is 3.14. The summed E-state index contributed by atoms with van der Waals surface area (Å²) in [5.74, 6) is 0.140. The maximum atomic E-state index is 13.2. The minimum atomic E-state index is -0.376. The van der Waals surface area contributed by atoms with E-state index in [-0.39, 0.29) is 5.82 Å². The van der Waals surface area contributed by atoms with Crippen LogP contribution >= 0.6 is 0 Å². The number of hydrogen-bond acceptors (Lipinski definition) is 3. The van der Waals surface area contributed by atoms with Crippen LogP contribution in [0.3, 0.4) is 0 Å². The number of halogens is 1. The van der Waals surface area contributed by atoms with Crippen LogP contribution in [-0.4, -0.2) is 18.4 Å². The number of ether oxygens (including phenoxy) is 1. The third-order valence-electron chi connectivity index (χ3n) is 2.33. The fourth-order valence-electron chi connectivity index (χ4n) is 1.55. The summed E-state index contributed by atoms with van der Waals surface area (Å²) in [4.78, 5) is 14.7. The normalized spacial score (nSPS) is 10.0. The Labute approximate surface area is 97.9 Å². The van der Waals surface area contributed by atoms with Crippen molar-refractivity contribution in [3.63, 3.8) is 0 Å². The Bertz CT molecular complexity index is 555. The number of carbonyl (C=O) groups excluding carboxylic acids is 1. The average molecular weight is 231 g/mol. The van der Waals surface area contributed by atoms with Crippen LogP contribution in [0.4, 0.5) is 4.39 Å². The highest BCUT2D eigenvalue weighted by atomic mass is 19.1. The first kappa shape index (κ1) is 11.3. The van der Waals surface area contributed by atoms with Crippen molar-refractivity contribution < 1.29 is 13.9 Å². The van der Waals surface area contributed by atoms with Gasteiger partial charge in [-0.15, -0.1) is 0 Å². The van der Waals surface area contributed by atoms with Crippen molar-refractivity contribution in [1.29, 1.82) is 0 Å². The van der Waals surface area contributed by atoms with E-state index in [0.717, 1.165) is 0 Å². The fraction of sp³-hybridized carbons (Fsp3) is 0.0769. The number of hydrogen-bond donors (Lipinski definition) is 0. The molecule has 1 aromatic heterocycles. The lowest BCUT2D eigenvalue weighted by Crippen LogP contribution is -1.93. The summed E-state index contributed by atoms with van der Waals surface area (Å²) in [6, 6.07) is 9.14. The highest BCUT2D eigenvalue weighted by Crippen LogP contribution is 2.29. The van der Waals surface area contributed by atoms with Gasteiger partial charge >= 0.3 is 0 Å². The van der Waals surface area contributed by atoms with Crippen LogP contribution in [0.15, 0.2) is 36.4 Å². The number of carbonyl (C=O) groups is 1. The zero-order valence-corrected chi connectivity index (χ0v) is 9.18. The van der Waals surface area contributed by atoms with Gasteiger partial charge in [-0.3, -0.25) is 4.79 Å². The maximum absolute atomic E-state index is 13.2. The standard InChI is InChI=1S/C13H10FNO2/c1-17-13-6-5-9(14)7-11(13)12-4-2-3-10(8-16)15-12/h2-8H,1H3.